The minimum atomic E-state index is -1.49. The summed E-state index contributed by atoms with van der Waals surface area (Å²) in [6.07, 6.45) is -13.8. The second-order valence-electron chi connectivity index (χ2n) is 21.9. The lowest BCUT2D eigenvalue weighted by Gasteiger charge is -2.43. The monoisotopic (exact) mass is 1340 g/mol. The van der Waals surface area contributed by atoms with Gasteiger partial charge in [-0.15, -0.1) is 11.8 Å². The van der Waals surface area contributed by atoms with E-state index < -0.39 is 129 Å². The van der Waals surface area contributed by atoms with Crippen molar-refractivity contribution in [2.45, 2.75) is 274 Å². The molecule has 0 bridgehead atoms. The van der Waals surface area contributed by atoms with Crippen molar-refractivity contribution >= 4 is 23.5 Å². The number of carbonyl (C=O) groups excluding carboxylic acids is 1. The number of amidine groups is 1. The highest BCUT2D eigenvalue weighted by Gasteiger charge is 2.49. The summed E-state index contributed by atoms with van der Waals surface area (Å²) in [5, 5.41) is 110. The molecule has 542 valence electrons. The van der Waals surface area contributed by atoms with Crippen LogP contribution < -0.4 is 16.8 Å². The minimum Gasteiger partial charge on any atom is -0.394 e. The van der Waals surface area contributed by atoms with Crippen molar-refractivity contribution in [3.05, 3.63) is 0 Å². The van der Waals surface area contributed by atoms with Gasteiger partial charge in [0.2, 0.25) is 5.91 Å². The van der Waals surface area contributed by atoms with Gasteiger partial charge in [0.05, 0.1) is 30.7 Å². The molecule has 4 aliphatic rings. The topological polar surface area (TPSA) is 416 Å². The molecule has 4 aliphatic heterocycles. The predicted molar refractivity (Wildman–Crippen MR) is 342 cm³/mol. The number of nitrogens with zero attached hydrogens (tertiary/aromatic N) is 1. The molecular formula is C62H124N4O24S. The molecule has 1 amide bonds. The zero-order chi connectivity index (χ0) is 66.6. The van der Waals surface area contributed by atoms with Crippen LogP contribution in [0.5, 0.6) is 0 Å². The van der Waals surface area contributed by atoms with E-state index in [1.165, 1.54) is 0 Å². The van der Waals surface area contributed by atoms with Gasteiger partial charge in [-0.25, -0.2) is 0 Å². The van der Waals surface area contributed by atoms with Gasteiger partial charge in [-0.1, -0.05) is 61.8 Å². The van der Waals surface area contributed by atoms with E-state index in [1.54, 1.807) is 6.92 Å². The first-order chi connectivity index (χ1) is 43.6. The zero-order valence-corrected chi connectivity index (χ0v) is 55.7. The predicted octanol–water partition coefficient (Wildman–Crippen LogP) is 1.15. The summed E-state index contributed by atoms with van der Waals surface area (Å²) < 4.78 is 77.3. The summed E-state index contributed by atoms with van der Waals surface area (Å²) in [5.41, 5.74) is 10.7. The van der Waals surface area contributed by atoms with Crippen LogP contribution in [-0.2, 0) is 66.4 Å². The molecule has 0 saturated carbocycles. The number of nitrogens with two attached hydrogens (primary N) is 2. The Morgan fingerprint density at radius 1 is 0.495 bits per heavy atom. The van der Waals surface area contributed by atoms with E-state index >= 15 is 0 Å². The normalized spacial score (nSPS) is 31.8. The maximum atomic E-state index is 11.9. The summed E-state index contributed by atoms with van der Waals surface area (Å²) in [5.74, 6) is 0.481. The molecule has 0 spiro atoms. The van der Waals surface area contributed by atoms with Gasteiger partial charge in [0.15, 0.2) is 18.9 Å². The quantitative estimate of drug-likeness (QED) is 0.0231. The standard InChI is InChI=1S/C57H108N4O24S.2C2H6.CH4/c1-4-7-8-19-41(63)61-22-13-25-75-28-15-31-77-51-48(70)43(65)37(83-54(51)76-6-3)17-9-30-81-56-53(79-33-16-27-74-24-12-21-60-40(59)35-86-57-50(72)46(68)45(67)39(34-62)85-57)49(71)44(66)38(84-56)18-10-29-80-55-52(47(69)42(64)36(5-2)82-55)78-32-14-26-73-23-11-20-58;2*1-2;/h36-39,42-57,62,64-72H,4-35,58H2,1-3H3,(H2,59,60)(H,61,63);2*1-2H3;1H4. The lowest BCUT2D eigenvalue weighted by atomic mass is 9.95. The highest BCUT2D eigenvalue weighted by Crippen LogP contribution is 2.32. The number of hydrogen-bond acceptors (Lipinski definition) is 27. The van der Waals surface area contributed by atoms with Crippen LogP contribution in [-0.4, -0.2) is 296 Å². The maximum absolute atomic E-state index is 11.9. The van der Waals surface area contributed by atoms with Crippen molar-refractivity contribution in [2.24, 2.45) is 16.5 Å². The molecular weight excluding hydrogens is 1220 g/mol. The second kappa shape index (κ2) is 53.4. The van der Waals surface area contributed by atoms with E-state index in [-0.39, 0.29) is 84.0 Å². The Kier molecular flexibility index (Phi) is 51.2. The Morgan fingerprint density at radius 3 is 1.41 bits per heavy atom. The van der Waals surface area contributed by atoms with Crippen molar-refractivity contribution in [1.29, 1.82) is 0 Å². The van der Waals surface area contributed by atoms with Gasteiger partial charge in [-0.3, -0.25) is 9.79 Å². The van der Waals surface area contributed by atoms with Crippen molar-refractivity contribution in [3.63, 3.8) is 0 Å². The molecule has 20 unspecified atom stereocenters. The van der Waals surface area contributed by atoms with Crippen molar-refractivity contribution < 1.29 is 117 Å². The molecule has 4 fully saturated rings. The van der Waals surface area contributed by atoms with Crippen LogP contribution in [0.2, 0.25) is 0 Å². The fraction of sp³-hybridized carbons (Fsp3) is 0.968. The minimum absolute atomic E-state index is 0. The fourth-order valence-corrected chi connectivity index (χ4v) is 11.1. The first-order valence-corrected chi connectivity index (χ1v) is 34.3. The fourth-order valence-electron chi connectivity index (χ4n) is 10.1. The van der Waals surface area contributed by atoms with Gasteiger partial charge in [0.1, 0.15) is 90.6 Å². The molecule has 0 aromatic heterocycles. The Balaban J connectivity index is 0.00000811. The van der Waals surface area contributed by atoms with E-state index in [0.717, 1.165) is 37.4 Å². The molecule has 20 atom stereocenters. The van der Waals surface area contributed by atoms with Gasteiger partial charge in [0, 0.05) is 98.8 Å². The average Bonchev–Trinajstić information content (AvgIpc) is 1.32. The summed E-state index contributed by atoms with van der Waals surface area (Å²) in [7, 11) is 0. The van der Waals surface area contributed by atoms with Gasteiger partial charge < -0.3 is 129 Å². The Morgan fingerprint density at radius 2 is 0.934 bits per heavy atom. The van der Waals surface area contributed by atoms with Crippen LogP contribution in [0.4, 0.5) is 0 Å². The average molecular weight is 1340 g/mol. The zero-order valence-electron chi connectivity index (χ0n) is 54.9. The number of ether oxygens (including phenoxy) is 13. The number of carbonyl (C=O) groups is 1. The number of aliphatic hydroxyl groups excluding tert-OH is 10. The summed E-state index contributed by atoms with van der Waals surface area (Å²) >= 11 is 1.08. The van der Waals surface area contributed by atoms with Crippen LogP contribution in [0.15, 0.2) is 4.99 Å². The first-order valence-electron chi connectivity index (χ1n) is 33.3. The summed E-state index contributed by atoms with van der Waals surface area (Å²) in [6.45, 7) is 17.9. The number of thioether (sulfide) groups is 1. The molecule has 91 heavy (non-hydrogen) atoms. The largest absolute Gasteiger partial charge is 0.394 e. The number of unbranched alkanes of at least 4 members (excludes halogenated alkanes) is 2. The second-order valence-corrected chi connectivity index (χ2v) is 23.0. The molecule has 15 N–H and O–H groups in total. The van der Waals surface area contributed by atoms with E-state index in [0.29, 0.717) is 110 Å². The molecule has 4 rings (SSSR count). The van der Waals surface area contributed by atoms with Crippen molar-refractivity contribution in [3.8, 4) is 0 Å². The number of aliphatic imine (C=N–C) groups is 1. The van der Waals surface area contributed by atoms with E-state index in [1.807, 2.05) is 34.6 Å². The van der Waals surface area contributed by atoms with Crippen LogP contribution >= 0.6 is 11.8 Å². The summed E-state index contributed by atoms with van der Waals surface area (Å²) in [4.78, 5) is 16.2. The van der Waals surface area contributed by atoms with Crippen LogP contribution in [0, 0.1) is 0 Å². The van der Waals surface area contributed by atoms with Crippen LogP contribution in [0.25, 0.3) is 0 Å². The van der Waals surface area contributed by atoms with Gasteiger partial charge in [-0.2, -0.15) is 0 Å². The van der Waals surface area contributed by atoms with Crippen molar-refractivity contribution in [1.82, 2.24) is 5.32 Å². The molecule has 0 radical (unpaired) electrons. The lowest BCUT2D eigenvalue weighted by Crippen LogP contribution is -2.59. The number of amides is 1. The van der Waals surface area contributed by atoms with Crippen molar-refractivity contribution in [2.75, 3.05) is 111 Å². The molecule has 0 aliphatic carbocycles. The number of rotatable bonds is 47. The summed E-state index contributed by atoms with van der Waals surface area (Å²) in [6, 6.07) is 0. The van der Waals surface area contributed by atoms with E-state index in [2.05, 4.69) is 17.2 Å². The molecule has 4 saturated heterocycles. The SMILES string of the molecule is C.CC.CC.CCCCCC(=O)NCCCOCCCOC1C(OCC)OC(CCCOC2OC(CCCOC3OC(CC)C(O)C(O)C3OCCCOCCCN)C(O)C(O)C2OCCCOCCCN=C(N)CSC2OC(CO)C(O)C(O)C2O)C(O)C1O. The van der Waals surface area contributed by atoms with Gasteiger partial charge in [-0.05, 0) is 90.5 Å². The van der Waals surface area contributed by atoms with Gasteiger partial charge in [0.25, 0.3) is 0 Å². The Hall–Kier alpha value is -1.67. The number of aliphatic hydroxyl groups is 10. The van der Waals surface area contributed by atoms with Gasteiger partial charge >= 0.3 is 0 Å². The van der Waals surface area contributed by atoms with E-state index in [9.17, 15) is 55.9 Å². The third-order valence-electron chi connectivity index (χ3n) is 15.0. The number of nitrogens with one attached hydrogen (secondary N) is 1. The van der Waals surface area contributed by atoms with Crippen LogP contribution in [0.3, 0.4) is 0 Å². The highest BCUT2D eigenvalue weighted by atomic mass is 32.2. The molecule has 28 nitrogen and oxygen atoms in total. The third kappa shape index (κ3) is 32.5. The third-order valence-corrected chi connectivity index (χ3v) is 16.2. The Labute approximate surface area is 546 Å². The lowest BCUT2D eigenvalue weighted by molar-refractivity contribution is -0.314. The first kappa shape index (κ1) is 87.3. The molecule has 4 heterocycles. The molecule has 0 aromatic rings. The molecule has 0 aromatic carbocycles. The molecule has 29 heteroatoms. The number of hydrogen-bond donors (Lipinski definition) is 13. The maximum Gasteiger partial charge on any atom is 0.219 e. The van der Waals surface area contributed by atoms with E-state index in [4.69, 9.17) is 73.0 Å². The smallest absolute Gasteiger partial charge is 0.219 e. The highest BCUT2D eigenvalue weighted by molar-refractivity contribution is 8.00. The van der Waals surface area contributed by atoms with Crippen LogP contribution in [0.1, 0.15) is 152 Å². The Bertz CT molecular complexity index is 1770.